The summed E-state index contributed by atoms with van der Waals surface area (Å²) in [6.07, 6.45) is 2.16. The number of aryl methyl sites for hydroxylation is 2. The van der Waals surface area contributed by atoms with Crippen molar-refractivity contribution in [1.29, 1.82) is 0 Å². The third-order valence-electron chi connectivity index (χ3n) is 4.46. The summed E-state index contributed by atoms with van der Waals surface area (Å²) in [5.74, 6) is 0.464. The molecule has 3 rings (SSSR count). The second-order valence-electron chi connectivity index (χ2n) is 6.20. The molecule has 3 aromatic rings. The molecule has 25 heavy (non-hydrogen) atoms. The molecule has 0 bridgehead atoms. The van der Waals surface area contributed by atoms with E-state index in [4.69, 9.17) is 21.7 Å². The minimum atomic E-state index is 0.464. The van der Waals surface area contributed by atoms with Crippen LogP contribution in [0.1, 0.15) is 56.6 Å². The molecule has 3 heterocycles. The topological polar surface area (TPSA) is 55.1 Å². The average Bonchev–Trinajstić information content (AvgIpc) is 3.08. The molecule has 0 aliphatic heterocycles. The Morgan fingerprint density at radius 1 is 1.20 bits per heavy atom. The van der Waals surface area contributed by atoms with Crippen LogP contribution in [0, 0.1) is 13.8 Å². The Labute approximate surface area is 157 Å². The van der Waals surface area contributed by atoms with Crippen molar-refractivity contribution in [2.45, 2.75) is 53.4 Å². The number of nitrogens with one attached hydrogen (secondary N) is 1. The van der Waals surface area contributed by atoms with E-state index in [0.29, 0.717) is 11.1 Å². The smallest absolute Gasteiger partial charge is 0.184 e. The van der Waals surface area contributed by atoms with Crippen LogP contribution in [-0.4, -0.2) is 26.1 Å². The highest BCUT2D eigenvalue weighted by Gasteiger charge is 2.23. The maximum atomic E-state index is 6.44. The summed E-state index contributed by atoms with van der Waals surface area (Å²) in [5, 5.41) is 9.36. The highest BCUT2D eigenvalue weighted by atomic mass is 35.5. The van der Waals surface area contributed by atoms with Crippen molar-refractivity contribution >= 4 is 33.7 Å². The second kappa shape index (κ2) is 7.30. The highest BCUT2D eigenvalue weighted by Crippen LogP contribution is 2.40. The van der Waals surface area contributed by atoms with Crippen LogP contribution in [0.25, 0.3) is 16.1 Å². The largest absolute Gasteiger partial charge is 0.362 e. The first-order valence-electron chi connectivity index (χ1n) is 8.77. The van der Waals surface area contributed by atoms with Gasteiger partial charge in [0.05, 0.1) is 16.1 Å². The van der Waals surface area contributed by atoms with Crippen molar-refractivity contribution in [2.24, 2.45) is 0 Å². The molecule has 0 amide bonds. The lowest BCUT2D eigenvalue weighted by atomic mass is 9.98. The summed E-state index contributed by atoms with van der Waals surface area (Å²) in [7, 11) is 0. The number of aromatic nitrogens is 4. The third-order valence-corrected chi connectivity index (χ3v) is 5.88. The fraction of sp³-hybridized carbons (Fsp3) is 0.500. The quantitative estimate of drug-likeness (QED) is 0.619. The normalized spacial score (nSPS) is 11.6. The predicted octanol–water partition coefficient (Wildman–Crippen LogP) is 5.46. The van der Waals surface area contributed by atoms with Crippen molar-refractivity contribution in [1.82, 2.24) is 19.6 Å². The van der Waals surface area contributed by atoms with Crippen LogP contribution < -0.4 is 5.32 Å². The summed E-state index contributed by atoms with van der Waals surface area (Å²) in [6.45, 7) is 11.3. The molecule has 0 unspecified atom stereocenters. The van der Waals surface area contributed by atoms with E-state index in [1.54, 1.807) is 11.3 Å². The number of fused-ring (bicyclic) bond motifs is 1. The molecule has 0 fully saturated rings. The van der Waals surface area contributed by atoms with Gasteiger partial charge in [-0.1, -0.05) is 36.8 Å². The van der Waals surface area contributed by atoms with Gasteiger partial charge >= 0.3 is 0 Å². The zero-order chi connectivity index (χ0) is 18.1. The Morgan fingerprint density at radius 2 is 1.92 bits per heavy atom. The number of hydrogen-bond donors (Lipinski definition) is 1. The van der Waals surface area contributed by atoms with Crippen molar-refractivity contribution in [3.63, 3.8) is 0 Å². The van der Waals surface area contributed by atoms with Gasteiger partial charge in [-0.05, 0) is 39.7 Å². The second-order valence-corrected chi connectivity index (χ2v) is 7.56. The van der Waals surface area contributed by atoms with Crippen molar-refractivity contribution < 1.29 is 0 Å². The molecule has 7 heteroatoms. The molecule has 134 valence electrons. The van der Waals surface area contributed by atoms with Gasteiger partial charge in [0.1, 0.15) is 5.15 Å². The molecule has 0 aliphatic carbocycles. The van der Waals surface area contributed by atoms with Crippen LogP contribution in [0.5, 0.6) is 0 Å². The first-order valence-corrected chi connectivity index (χ1v) is 9.96. The molecule has 5 nitrogen and oxygen atoms in total. The molecule has 1 N–H and O–H groups in total. The lowest BCUT2D eigenvalue weighted by Crippen LogP contribution is -2.07. The molecule has 0 spiro atoms. The van der Waals surface area contributed by atoms with E-state index in [1.165, 1.54) is 5.69 Å². The molecule has 0 aliphatic rings. The third kappa shape index (κ3) is 3.25. The number of anilines is 1. The van der Waals surface area contributed by atoms with Gasteiger partial charge in [0.25, 0.3) is 0 Å². The predicted molar refractivity (Wildman–Crippen MR) is 106 cm³/mol. The van der Waals surface area contributed by atoms with E-state index in [1.807, 2.05) is 25.3 Å². The zero-order valence-corrected chi connectivity index (χ0v) is 16.9. The molecular weight excluding hydrogens is 354 g/mol. The van der Waals surface area contributed by atoms with Gasteiger partial charge in [-0.15, -0.1) is 0 Å². The lowest BCUT2D eigenvalue weighted by molar-refractivity contribution is 0.598. The average molecular weight is 378 g/mol. The fourth-order valence-electron chi connectivity index (χ4n) is 3.22. The summed E-state index contributed by atoms with van der Waals surface area (Å²) in [6, 6.07) is 2.15. The van der Waals surface area contributed by atoms with Crippen LogP contribution >= 0.6 is 22.9 Å². The summed E-state index contributed by atoms with van der Waals surface area (Å²) in [4.78, 5) is 10.1. The molecule has 0 radical (unpaired) electrons. The summed E-state index contributed by atoms with van der Waals surface area (Å²) >= 11 is 7.99. The maximum Gasteiger partial charge on any atom is 0.184 e. The Balaban J connectivity index is 2.25. The number of halogens is 1. The minimum absolute atomic E-state index is 0.464. The number of thiazole rings is 1. The van der Waals surface area contributed by atoms with E-state index >= 15 is 0 Å². The minimum Gasteiger partial charge on any atom is -0.362 e. The van der Waals surface area contributed by atoms with Gasteiger partial charge in [-0.25, -0.2) is 14.5 Å². The van der Waals surface area contributed by atoms with Crippen LogP contribution in [0.3, 0.4) is 0 Å². The van der Waals surface area contributed by atoms with Crippen LogP contribution in [0.15, 0.2) is 6.07 Å². The van der Waals surface area contributed by atoms with Gasteiger partial charge < -0.3 is 5.32 Å². The maximum absolute atomic E-state index is 6.44. The Kier molecular flexibility index (Phi) is 5.29. The zero-order valence-electron chi connectivity index (χ0n) is 15.4. The van der Waals surface area contributed by atoms with Crippen LogP contribution in [-0.2, 0) is 0 Å². The Bertz CT molecular complexity index is 895. The number of nitrogens with zero attached hydrogens (tertiary/aromatic N) is 4. The van der Waals surface area contributed by atoms with E-state index in [-0.39, 0.29) is 0 Å². The number of rotatable bonds is 6. The molecule has 0 aromatic carbocycles. The Morgan fingerprint density at radius 3 is 2.56 bits per heavy atom. The van der Waals surface area contributed by atoms with Gasteiger partial charge in [-0.2, -0.15) is 5.10 Å². The standard InChI is InChI=1S/C18H24ClN5S/c1-6-12(7-2)13-9-10(4)21-17-14(11(5)23-24(13)17)15-16(19)22-18(25-15)20-8-3/h9,12H,6-8H2,1-5H3,(H,20,22). The molecule has 0 saturated heterocycles. The van der Waals surface area contributed by atoms with Crippen LogP contribution in [0.4, 0.5) is 5.13 Å². The van der Waals surface area contributed by atoms with Crippen LogP contribution in [0.2, 0.25) is 5.15 Å². The number of hydrogen-bond acceptors (Lipinski definition) is 5. The highest BCUT2D eigenvalue weighted by molar-refractivity contribution is 7.19. The van der Waals surface area contributed by atoms with Gasteiger partial charge in [0, 0.05) is 23.9 Å². The summed E-state index contributed by atoms with van der Waals surface area (Å²) < 4.78 is 2.00. The fourth-order valence-corrected chi connectivity index (χ4v) is 4.58. The van der Waals surface area contributed by atoms with E-state index in [2.05, 4.69) is 30.2 Å². The van der Waals surface area contributed by atoms with Crippen molar-refractivity contribution in [3.8, 4) is 10.4 Å². The van der Waals surface area contributed by atoms with Crippen molar-refractivity contribution in [2.75, 3.05) is 11.9 Å². The van der Waals surface area contributed by atoms with E-state index in [9.17, 15) is 0 Å². The van der Waals surface area contributed by atoms with Gasteiger partial charge in [-0.3, -0.25) is 0 Å². The first-order chi connectivity index (χ1) is 12.0. The lowest BCUT2D eigenvalue weighted by Gasteiger charge is -2.15. The van der Waals surface area contributed by atoms with E-state index < -0.39 is 0 Å². The monoisotopic (exact) mass is 377 g/mol. The summed E-state index contributed by atoms with van der Waals surface area (Å²) in [5.41, 5.74) is 5.01. The van der Waals surface area contributed by atoms with Gasteiger partial charge in [0.2, 0.25) is 0 Å². The first kappa shape index (κ1) is 18.1. The van der Waals surface area contributed by atoms with Crippen molar-refractivity contribution in [3.05, 3.63) is 28.3 Å². The van der Waals surface area contributed by atoms with Gasteiger partial charge in [0.15, 0.2) is 10.8 Å². The molecule has 0 atom stereocenters. The SMILES string of the molecule is CCNc1nc(Cl)c(-c2c(C)nn3c(C(CC)CC)cc(C)nc23)s1. The molecule has 3 aromatic heterocycles. The van der Waals surface area contributed by atoms with E-state index in [0.717, 1.165) is 52.0 Å². The Hall–Kier alpha value is -1.66. The molecule has 0 saturated carbocycles. The molecular formula is C18H24ClN5S.